The van der Waals surface area contributed by atoms with E-state index < -0.39 is 0 Å². The van der Waals surface area contributed by atoms with Gasteiger partial charge in [-0.2, -0.15) is 5.10 Å². The van der Waals surface area contributed by atoms with Crippen LogP contribution in [0.25, 0.3) is 0 Å². The third kappa shape index (κ3) is 2.42. The first-order valence-electron chi connectivity index (χ1n) is 6.72. The Balaban J connectivity index is 2.15. The molecule has 1 fully saturated rings. The van der Waals surface area contributed by atoms with Crippen molar-refractivity contribution < 1.29 is 4.79 Å². The van der Waals surface area contributed by atoms with Crippen LogP contribution in [0.2, 0.25) is 0 Å². The number of carbonyl (C=O) groups excluding carboxylic acids is 1. The average molecular weight is 249 g/mol. The van der Waals surface area contributed by atoms with E-state index in [1.54, 1.807) is 0 Å². The molecule has 0 radical (unpaired) electrons. The lowest BCUT2D eigenvalue weighted by molar-refractivity contribution is -0.132. The first-order chi connectivity index (χ1) is 8.41. The van der Waals surface area contributed by atoms with Gasteiger partial charge in [-0.25, -0.2) is 0 Å². The standard InChI is InChI=1S/C14H23N3O/c1-9(2)17(12-6-7-12)14(18)8-13-10(3)15-16(5)11(13)4/h9,12H,6-8H2,1-5H3. The number of aromatic nitrogens is 2. The first kappa shape index (κ1) is 13.1. The molecule has 0 atom stereocenters. The van der Waals surface area contributed by atoms with Crippen molar-refractivity contribution in [1.29, 1.82) is 0 Å². The van der Waals surface area contributed by atoms with E-state index in [-0.39, 0.29) is 5.91 Å². The Kier molecular flexibility index (Phi) is 3.46. The second kappa shape index (κ2) is 4.75. The predicted molar refractivity (Wildman–Crippen MR) is 71.4 cm³/mol. The van der Waals surface area contributed by atoms with Gasteiger partial charge in [0, 0.05) is 30.4 Å². The zero-order chi connectivity index (χ0) is 13.4. The quantitative estimate of drug-likeness (QED) is 0.818. The predicted octanol–water partition coefficient (Wildman–Crippen LogP) is 1.98. The largest absolute Gasteiger partial charge is 0.337 e. The minimum absolute atomic E-state index is 0.242. The summed E-state index contributed by atoms with van der Waals surface area (Å²) in [5, 5.41) is 4.37. The van der Waals surface area contributed by atoms with Gasteiger partial charge in [-0.05, 0) is 40.5 Å². The van der Waals surface area contributed by atoms with Crippen molar-refractivity contribution in [2.24, 2.45) is 7.05 Å². The topological polar surface area (TPSA) is 38.1 Å². The third-order valence-electron chi connectivity index (χ3n) is 3.77. The molecule has 0 aliphatic heterocycles. The summed E-state index contributed by atoms with van der Waals surface area (Å²) < 4.78 is 1.86. The summed E-state index contributed by atoms with van der Waals surface area (Å²) in [5.41, 5.74) is 3.16. The smallest absolute Gasteiger partial charge is 0.227 e. The van der Waals surface area contributed by atoms with Crippen LogP contribution in [-0.2, 0) is 18.3 Å². The van der Waals surface area contributed by atoms with E-state index in [0.717, 1.165) is 29.8 Å². The van der Waals surface area contributed by atoms with Crippen LogP contribution in [0.1, 0.15) is 43.6 Å². The molecule has 0 saturated heterocycles. The van der Waals surface area contributed by atoms with E-state index in [1.165, 1.54) is 0 Å². The van der Waals surface area contributed by atoms with E-state index in [0.29, 0.717) is 18.5 Å². The van der Waals surface area contributed by atoms with E-state index in [4.69, 9.17) is 0 Å². The Labute approximate surface area is 109 Å². The number of nitrogens with zero attached hydrogens (tertiary/aromatic N) is 3. The van der Waals surface area contributed by atoms with Gasteiger partial charge in [-0.3, -0.25) is 9.48 Å². The van der Waals surface area contributed by atoms with Gasteiger partial charge in [-0.15, -0.1) is 0 Å². The highest BCUT2D eigenvalue weighted by atomic mass is 16.2. The molecular formula is C14H23N3O. The van der Waals surface area contributed by atoms with Crippen LogP contribution in [0.15, 0.2) is 0 Å². The molecule has 1 heterocycles. The molecule has 0 unspecified atom stereocenters. The molecule has 1 aliphatic carbocycles. The number of hydrogen-bond donors (Lipinski definition) is 0. The Bertz CT molecular complexity index is 456. The molecule has 100 valence electrons. The van der Waals surface area contributed by atoms with Crippen LogP contribution in [0.4, 0.5) is 0 Å². The van der Waals surface area contributed by atoms with Crippen LogP contribution >= 0.6 is 0 Å². The van der Waals surface area contributed by atoms with Gasteiger partial charge in [0.1, 0.15) is 0 Å². The number of carbonyl (C=O) groups is 1. The molecule has 1 saturated carbocycles. The summed E-state index contributed by atoms with van der Waals surface area (Å²) in [7, 11) is 1.93. The van der Waals surface area contributed by atoms with Gasteiger partial charge in [0.15, 0.2) is 0 Å². The summed E-state index contributed by atoms with van der Waals surface area (Å²) in [4.78, 5) is 14.5. The zero-order valence-electron chi connectivity index (χ0n) is 12.0. The van der Waals surface area contributed by atoms with Crippen molar-refractivity contribution in [2.45, 2.75) is 59.0 Å². The summed E-state index contributed by atoms with van der Waals surface area (Å²) in [6, 6.07) is 0.775. The molecule has 2 rings (SSSR count). The maximum absolute atomic E-state index is 12.4. The minimum atomic E-state index is 0.242. The van der Waals surface area contributed by atoms with Crippen molar-refractivity contribution in [3.63, 3.8) is 0 Å². The molecular weight excluding hydrogens is 226 g/mol. The molecule has 1 amide bonds. The molecule has 4 nitrogen and oxygen atoms in total. The fraction of sp³-hybridized carbons (Fsp3) is 0.714. The van der Waals surface area contributed by atoms with E-state index >= 15 is 0 Å². The molecule has 4 heteroatoms. The lowest BCUT2D eigenvalue weighted by atomic mass is 10.1. The molecule has 18 heavy (non-hydrogen) atoms. The SMILES string of the molecule is Cc1nn(C)c(C)c1CC(=O)N(C(C)C)C1CC1. The van der Waals surface area contributed by atoms with Gasteiger partial charge in [0.05, 0.1) is 12.1 Å². The summed E-state index contributed by atoms with van der Waals surface area (Å²) in [6.07, 6.45) is 2.81. The highest BCUT2D eigenvalue weighted by Gasteiger charge is 2.34. The monoisotopic (exact) mass is 249 g/mol. The van der Waals surface area contributed by atoms with Crippen molar-refractivity contribution in [1.82, 2.24) is 14.7 Å². The van der Waals surface area contributed by atoms with Gasteiger partial charge < -0.3 is 4.90 Å². The summed E-state index contributed by atoms with van der Waals surface area (Å²) in [6.45, 7) is 8.20. The van der Waals surface area contributed by atoms with Crippen molar-refractivity contribution in [2.75, 3.05) is 0 Å². The van der Waals surface area contributed by atoms with E-state index in [2.05, 4.69) is 18.9 Å². The molecule has 0 spiro atoms. The van der Waals surface area contributed by atoms with Gasteiger partial charge in [-0.1, -0.05) is 0 Å². The second-order valence-electron chi connectivity index (χ2n) is 5.58. The first-order valence-corrected chi connectivity index (χ1v) is 6.72. The maximum Gasteiger partial charge on any atom is 0.227 e. The van der Waals surface area contributed by atoms with Gasteiger partial charge in [0.25, 0.3) is 0 Å². The zero-order valence-corrected chi connectivity index (χ0v) is 12.0. The van der Waals surface area contributed by atoms with Crippen molar-refractivity contribution >= 4 is 5.91 Å². The number of amides is 1. The highest BCUT2D eigenvalue weighted by Crippen LogP contribution is 2.29. The van der Waals surface area contributed by atoms with Crippen LogP contribution in [0.3, 0.4) is 0 Å². The Morgan fingerprint density at radius 3 is 2.44 bits per heavy atom. The summed E-state index contributed by atoms with van der Waals surface area (Å²) >= 11 is 0. The lowest BCUT2D eigenvalue weighted by Gasteiger charge is -2.26. The summed E-state index contributed by atoms with van der Waals surface area (Å²) in [5.74, 6) is 0.242. The fourth-order valence-electron chi connectivity index (χ4n) is 2.58. The molecule has 0 bridgehead atoms. The van der Waals surface area contributed by atoms with Crippen LogP contribution in [0.5, 0.6) is 0 Å². The Hall–Kier alpha value is -1.32. The third-order valence-corrected chi connectivity index (χ3v) is 3.77. The van der Waals surface area contributed by atoms with Crippen LogP contribution in [-0.4, -0.2) is 32.7 Å². The highest BCUT2D eigenvalue weighted by molar-refractivity contribution is 5.80. The molecule has 1 aromatic heterocycles. The van der Waals surface area contributed by atoms with Crippen molar-refractivity contribution in [3.8, 4) is 0 Å². The van der Waals surface area contributed by atoms with Crippen LogP contribution < -0.4 is 0 Å². The number of hydrogen-bond acceptors (Lipinski definition) is 2. The molecule has 0 aromatic carbocycles. The average Bonchev–Trinajstić information content (AvgIpc) is 3.04. The van der Waals surface area contributed by atoms with E-state index in [9.17, 15) is 4.79 Å². The fourth-order valence-corrected chi connectivity index (χ4v) is 2.58. The number of rotatable bonds is 4. The van der Waals surface area contributed by atoms with Crippen LogP contribution in [0, 0.1) is 13.8 Å². The van der Waals surface area contributed by atoms with Gasteiger partial charge >= 0.3 is 0 Å². The number of aryl methyl sites for hydroxylation is 2. The van der Waals surface area contributed by atoms with E-state index in [1.807, 2.05) is 30.5 Å². The van der Waals surface area contributed by atoms with Crippen molar-refractivity contribution in [3.05, 3.63) is 17.0 Å². The molecule has 1 aliphatic rings. The normalized spacial score (nSPS) is 15.2. The van der Waals surface area contributed by atoms with Gasteiger partial charge in [0.2, 0.25) is 5.91 Å². The lowest BCUT2D eigenvalue weighted by Crippen LogP contribution is -2.39. The Morgan fingerprint density at radius 2 is 2.06 bits per heavy atom. The maximum atomic E-state index is 12.4. The molecule has 1 aromatic rings. The minimum Gasteiger partial charge on any atom is -0.337 e. The molecule has 0 N–H and O–H groups in total. The Morgan fingerprint density at radius 1 is 1.44 bits per heavy atom. The second-order valence-corrected chi connectivity index (χ2v) is 5.58.